The van der Waals surface area contributed by atoms with Crippen molar-refractivity contribution in [2.45, 2.75) is 13.0 Å². The van der Waals surface area contributed by atoms with Crippen LogP contribution in [0.2, 0.25) is 0 Å². The Morgan fingerprint density at radius 1 is 1.58 bits per heavy atom. The van der Waals surface area contributed by atoms with Crippen molar-refractivity contribution in [3.05, 3.63) is 24.0 Å². The average Bonchev–Trinajstić information content (AvgIpc) is 2.05. The molecule has 1 aromatic rings. The molecule has 0 aromatic heterocycles. The van der Waals surface area contributed by atoms with E-state index in [0.29, 0.717) is 18.4 Å². The van der Waals surface area contributed by atoms with E-state index < -0.39 is 0 Å². The Balaban J connectivity index is 2.37. The molecule has 0 aliphatic carbocycles. The maximum atomic E-state index is 12.7. The molecule has 1 aliphatic heterocycles. The van der Waals surface area contributed by atoms with Gasteiger partial charge in [0, 0.05) is 6.07 Å². The highest BCUT2D eigenvalue weighted by molar-refractivity contribution is 5.58. The van der Waals surface area contributed by atoms with Crippen LogP contribution in [0.15, 0.2) is 18.2 Å². The molecule has 1 atom stereocenters. The SMILES string of the molecule is C[C@@H]1COc2cc(F)ccc2N1. The molecule has 0 unspecified atom stereocenters. The lowest BCUT2D eigenvalue weighted by Gasteiger charge is -2.24. The van der Waals surface area contributed by atoms with Crippen LogP contribution in [0.3, 0.4) is 0 Å². The van der Waals surface area contributed by atoms with Crippen molar-refractivity contribution < 1.29 is 9.13 Å². The Bertz CT molecular complexity index is 301. The van der Waals surface area contributed by atoms with Crippen LogP contribution in [-0.4, -0.2) is 12.6 Å². The summed E-state index contributed by atoms with van der Waals surface area (Å²) in [7, 11) is 0. The van der Waals surface area contributed by atoms with E-state index in [1.54, 1.807) is 6.07 Å². The number of ether oxygens (including phenoxy) is 1. The predicted octanol–water partition coefficient (Wildman–Crippen LogP) is 2.02. The van der Waals surface area contributed by atoms with E-state index in [0.717, 1.165) is 5.69 Å². The van der Waals surface area contributed by atoms with Crippen molar-refractivity contribution in [3.8, 4) is 5.75 Å². The minimum atomic E-state index is -0.259. The lowest BCUT2D eigenvalue weighted by molar-refractivity contribution is 0.290. The van der Waals surface area contributed by atoms with Gasteiger partial charge in [0.2, 0.25) is 0 Å². The van der Waals surface area contributed by atoms with E-state index in [-0.39, 0.29) is 5.82 Å². The molecule has 0 saturated carbocycles. The summed E-state index contributed by atoms with van der Waals surface area (Å²) in [5.41, 5.74) is 0.871. The summed E-state index contributed by atoms with van der Waals surface area (Å²) in [6.07, 6.45) is 0. The summed E-state index contributed by atoms with van der Waals surface area (Å²) in [4.78, 5) is 0. The Kier molecular flexibility index (Phi) is 1.64. The lowest BCUT2D eigenvalue weighted by atomic mass is 10.2. The van der Waals surface area contributed by atoms with E-state index in [9.17, 15) is 4.39 Å². The van der Waals surface area contributed by atoms with Crippen LogP contribution in [0.4, 0.5) is 10.1 Å². The highest BCUT2D eigenvalue weighted by Crippen LogP contribution is 2.28. The number of hydrogen-bond donors (Lipinski definition) is 1. The first-order valence-electron chi connectivity index (χ1n) is 3.94. The molecule has 0 spiro atoms. The molecule has 0 bridgehead atoms. The zero-order valence-electron chi connectivity index (χ0n) is 6.80. The fourth-order valence-electron chi connectivity index (χ4n) is 1.26. The third-order valence-corrected chi connectivity index (χ3v) is 1.83. The van der Waals surface area contributed by atoms with Crippen molar-refractivity contribution in [3.63, 3.8) is 0 Å². The van der Waals surface area contributed by atoms with Crippen LogP contribution < -0.4 is 10.1 Å². The van der Waals surface area contributed by atoms with Gasteiger partial charge in [-0.15, -0.1) is 0 Å². The van der Waals surface area contributed by atoms with E-state index in [1.165, 1.54) is 12.1 Å². The molecule has 12 heavy (non-hydrogen) atoms. The Hall–Kier alpha value is -1.25. The van der Waals surface area contributed by atoms with Crippen molar-refractivity contribution in [2.24, 2.45) is 0 Å². The molecular weight excluding hydrogens is 157 g/mol. The lowest BCUT2D eigenvalue weighted by Crippen LogP contribution is -2.28. The molecule has 0 radical (unpaired) electrons. The van der Waals surface area contributed by atoms with Gasteiger partial charge in [-0.3, -0.25) is 0 Å². The fourth-order valence-corrected chi connectivity index (χ4v) is 1.26. The van der Waals surface area contributed by atoms with Gasteiger partial charge in [-0.1, -0.05) is 0 Å². The van der Waals surface area contributed by atoms with Gasteiger partial charge >= 0.3 is 0 Å². The number of rotatable bonds is 0. The smallest absolute Gasteiger partial charge is 0.145 e. The highest BCUT2D eigenvalue weighted by Gasteiger charge is 2.14. The average molecular weight is 167 g/mol. The first-order valence-corrected chi connectivity index (χ1v) is 3.94. The summed E-state index contributed by atoms with van der Waals surface area (Å²) in [6, 6.07) is 4.81. The molecular formula is C9H10FNO. The number of benzene rings is 1. The highest BCUT2D eigenvalue weighted by atomic mass is 19.1. The van der Waals surface area contributed by atoms with Crippen molar-refractivity contribution >= 4 is 5.69 Å². The second kappa shape index (κ2) is 2.66. The quantitative estimate of drug-likeness (QED) is 0.638. The van der Waals surface area contributed by atoms with Gasteiger partial charge in [0.15, 0.2) is 0 Å². The molecule has 3 heteroatoms. The molecule has 2 nitrogen and oxygen atoms in total. The van der Waals surface area contributed by atoms with E-state index in [1.807, 2.05) is 6.92 Å². The fraction of sp³-hybridized carbons (Fsp3) is 0.333. The standard InChI is InChI=1S/C9H10FNO/c1-6-5-12-9-4-7(10)2-3-8(9)11-6/h2-4,6,11H,5H2,1H3/t6-/m1/s1. The van der Waals surface area contributed by atoms with E-state index in [2.05, 4.69) is 5.32 Å². The normalized spacial score (nSPS) is 20.7. The van der Waals surface area contributed by atoms with Crippen molar-refractivity contribution in [1.82, 2.24) is 0 Å². The monoisotopic (exact) mass is 167 g/mol. The summed E-state index contributed by atoms with van der Waals surface area (Å²) < 4.78 is 18.0. The molecule has 64 valence electrons. The number of hydrogen-bond acceptors (Lipinski definition) is 2. The zero-order chi connectivity index (χ0) is 8.55. The Labute approximate surface area is 70.3 Å². The first-order chi connectivity index (χ1) is 5.75. The van der Waals surface area contributed by atoms with Crippen LogP contribution >= 0.6 is 0 Å². The van der Waals surface area contributed by atoms with Gasteiger partial charge in [-0.25, -0.2) is 4.39 Å². The van der Waals surface area contributed by atoms with Crippen LogP contribution in [0, 0.1) is 5.82 Å². The maximum absolute atomic E-state index is 12.7. The van der Waals surface area contributed by atoms with Gasteiger partial charge < -0.3 is 10.1 Å². The Morgan fingerprint density at radius 3 is 3.25 bits per heavy atom. The molecule has 0 fully saturated rings. The minimum absolute atomic E-state index is 0.259. The maximum Gasteiger partial charge on any atom is 0.145 e. The summed E-state index contributed by atoms with van der Waals surface area (Å²) in [6.45, 7) is 2.61. The van der Waals surface area contributed by atoms with Crippen molar-refractivity contribution in [1.29, 1.82) is 0 Å². The number of halogens is 1. The van der Waals surface area contributed by atoms with Gasteiger partial charge in [0.25, 0.3) is 0 Å². The third kappa shape index (κ3) is 1.22. The predicted molar refractivity (Wildman–Crippen MR) is 45.0 cm³/mol. The molecule has 0 amide bonds. The summed E-state index contributed by atoms with van der Waals surface area (Å²) >= 11 is 0. The van der Waals surface area contributed by atoms with Crippen LogP contribution in [0.5, 0.6) is 5.75 Å². The van der Waals surface area contributed by atoms with Crippen LogP contribution in [0.1, 0.15) is 6.92 Å². The summed E-state index contributed by atoms with van der Waals surface area (Å²) in [5, 5.41) is 3.20. The molecule has 0 saturated heterocycles. The minimum Gasteiger partial charge on any atom is -0.489 e. The van der Waals surface area contributed by atoms with Gasteiger partial charge in [-0.05, 0) is 19.1 Å². The van der Waals surface area contributed by atoms with Crippen LogP contribution in [-0.2, 0) is 0 Å². The van der Waals surface area contributed by atoms with E-state index in [4.69, 9.17) is 4.74 Å². The van der Waals surface area contributed by atoms with Gasteiger partial charge in [0.1, 0.15) is 18.2 Å². The number of anilines is 1. The van der Waals surface area contributed by atoms with Crippen molar-refractivity contribution in [2.75, 3.05) is 11.9 Å². The molecule has 2 rings (SSSR count). The second-order valence-corrected chi connectivity index (χ2v) is 3.00. The number of nitrogens with one attached hydrogen (secondary N) is 1. The van der Waals surface area contributed by atoms with E-state index >= 15 is 0 Å². The van der Waals surface area contributed by atoms with Crippen LogP contribution in [0.25, 0.3) is 0 Å². The van der Waals surface area contributed by atoms with Gasteiger partial charge in [-0.2, -0.15) is 0 Å². The topological polar surface area (TPSA) is 21.3 Å². The second-order valence-electron chi connectivity index (χ2n) is 3.00. The molecule has 1 N–H and O–H groups in total. The molecule has 1 aliphatic rings. The molecule has 1 aromatic carbocycles. The largest absolute Gasteiger partial charge is 0.489 e. The third-order valence-electron chi connectivity index (χ3n) is 1.83. The number of fused-ring (bicyclic) bond motifs is 1. The first kappa shape index (κ1) is 7.40. The van der Waals surface area contributed by atoms with Gasteiger partial charge in [0.05, 0.1) is 11.7 Å². The summed E-state index contributed by atoms with van der Waals surface area (Å²) in [5.74, 6) is 0.346. The zero-order valence-corrected chi connectivity index (χ0v) is 6.80. The Morgan fingerprint density at radius 2 is 2.42 bits per heavy atom. The molecule has 1 heterocycles.